The molecule has 1 unspecified atom stereocenters. The van der Waals surface area contributed by atoms with Gasteiger partial charge in [0.25, 0.3) is 0 Å². The van der Waals surface area contributed by atoms with Gasteiger partial charge in [-0.3, -0.25) is 4.79 Å². The first-order chi connectivity index (χ1) is 5.63. The zero-order valence-corrected chi connectivity index (χ0v) is 8.02. The van der Waals surface area contributed by atoms with E-state index in [1.165, 1.54) is 0 Å². The van der Waals surface area contributed by atoms with Crippen molar-refractivity contribution < 1.29 is 11.0 Å². The summed E-state index contributed by atoms with van der Waals surface area (Å²) in [5, 5.41) is 2.71. The molecule has 1 rings (SSSR count). The maximum atomic E-state index is 11.6. The average Bonchev–Trinajstić information content (AvgIpc) is 2.52. The predicted octanol–water partition coefficient (Wildman–Crippen LogP) is 1.04. The van der Waals surface area contributed by atoms with Crippen molar-refractivity contribution in [2.24, 2.45) is 11.3 Å². The highest BCUT2D eigenvalue weighted by Gasteiger charge is 2.44. The summed E-state index contributed by atoms with van der Waals surface area (Å²) in [6, 6.07) is 0. The van der Waals surface area contributed by atoms with Crippen LogP contribution in [0.3, 0.4) is 0 Å². The van der Waals surface area contributed by atoms with Gasteiger partial charge in [-0.25, -0.2) is 0 Å². The first-order valence-corrected chi connectivity index (χ1v) is 4.43. The van der Waals surface area contributed by atoms with Gasteiger partial charge in [-0.2, -0.15) is 0 Å². The van der Waals surface area contributed by atoms with E-state index in [9.17, 15) is 4.79 Å². The molecule has 1 fully saturated rings. The molecule has 0 bridgehead atoms. The number of nitrogens with one attached hydrogen (secondary N) is 1. The van der Waals surface area contributed by atoms with Crippen molar-refractivity contribution in [1.29, 1.82) is 0 Å². The molecule has 12 heavy (non-hydrogen) atoms. The molecular formula is C9H19NO2. The van der Waals surface area contributed by atoms with Crippen molar-refractivity contribution in [2.45, 2.75) is 20.3 Å². The molecular weight excluding hydrogens is 154 g/mol. The molecule has 0 aromatic heterocycles. The number of carbonyl (C=O) groups excluding carboxylic acids is 1. The number of hydrogen-bond donors (Lipinski definition) is 1. The minimum atomic E-state index is -0.269. The Morgan fingerprint density at radius 1 is 1.67 bits per heavy atom. The van der Waals surface area contributed by atoms with E-state index in [0.29, 0.717) is 19.1 Å². The second-order valence-electron chi connectivity index (χ2n) is 3.69. The van der Waals surface area contributed by atoms with Crippen LogP contribution in [-0.2, 0) is 9.53 Å². The zero-order chi connectivity index (χ0) is 9.19. The molecule has 0 spiro atoms. The Morgan fingerprint density at radius 3 is 2.67 bits per heavy atom. The van der Waals surface area contributed by atoms with Crippen LogP contribution >= 0.6 is 0 Å². The number of hydrogen-bond acceptors (Lipinski definition) is 2. The van der Waals surface area contributed by atoms with E-state index in [0.717, 1.165) is 6.42 Å². The molecule has 72 valence electrons. The average molecular weight is 173 g/mol. The van der Waals surface area contributed by atoms with Gasteiger partial charge in [0, 0.05) is 15.1 Å². The van der Waals surface area contributed by atoms with Gasteiger partial charge in [0.15, 0.2) is 0 Å². The van der Waals surface area contributed by atoms with Crippen LogP contribution in [0.1, 0.15) is 21.7 Å². The van der Waals surface area contributed by atoms with Gasteiger partial charge in [0.1, 0.15) is 0 Å². The fourth-order valence-corrected chi connectivity index (χ4v) is 1.73. The molecule has 1 N–H and O–H groups in total. The Hall–Kier alpha value is -0.570. The number of amides is 1. The Bertz CT molecular complexity index is 176. The summed E-state index contributed by atoms with van der Waals surface area (Å²) in [6.45, 7) is 5.43. The van der Waals surface area contributed by atoms with Crippen molar-refractivity contribution >= 4 is 5.91 Å². The van der Waals surface area contributed by atoms with Crippen molar-refractivity contribution in [1.82, 2.24) is 5.32 Å². The molecule has 0 saturated carbocycles. The predicted molar refractivity (Wildman–Crippen MR) is 48.9 cm³/mol. The molecule has 1 aliphatic rings. The minimum Gasteiger partial charge on any atom is -0.380 e. The van der Waals surface area contributed by atoms with Gasteiger partial charge in [-0.05, 0) is 12.3 Å². The molecule has 1 atom stereocenters. The molecule has 0 aliphatic carbocycles. The highest BCUT2D eigenvalue weighted by Crippen LogP contribution is 2.36. The summed E-state index contributed by atoms with van der Waals surface area (Å²) in [5.74, 6) is 0.468. The van der Waals surface area contributed by atoms with E-state index in [1.54, 1.807) is 7.05 Å². The van der Waals surface area contributed by atoms with Crippen LogP contribution in [0.2, 0.25) is 0 Å². The first kappa shape index (κ1) is 9.52. The third-order valence-electron chi connectivity index (χ3n) is 2.84. The van der Waals surface area contributed by atoms with Gasteiger partial charge < -0.3 is 10.1 Å². The Kier molecular flexibility index (Phi) is 2.73. The molecule has 3 nitrogen and oxygen atoms in total. The van der Waals surface area contributed by atoms with Crippen LogP contribution in [0, 0.1) is 11.3 Å². The first-order valence-electron chi connectivity index (χ1n) is 4.43. The molecule has 1 aliphatic heterocycles. The summed E-state index contributed by atoms with van der Waals surface area (Å²) in [7, 11) is 1.69. The van der Waals surface area contributed by atoms with Gasteiger partial charge in [-0.1, -0.05) is 13.8 Å². The van der Waals surface area contributed by atoms with Crippen LogP contribution in [0.15, 0.2) is 0 Å². The Balaban J connectivity index is 0.00000144. The monoisotopic (exact) mass is 173 g/mol. The second-order valence-corrected chi connectivity index (χ2v) is 3.69. The molecule has 1 saturated heterocycles. The van der Waals surface area contributed by atoms with Crippen LogP contribution in [0.4, 0.5) is 0 Å². The van der Waals surface area contributed by atoms with Crippen LogP contribution in [0.25, 0.3) is 0 Å². The van der Waals surface area contributed by atoms with E-state index in [4.69, 9.17) is 4.74 Å². The minimum absolute atomic E-state index is 0. The van der Waals surface area contributed by atoms with Crippen molar-refractivity contribution in [3.05, 3.63) is 0 Å². The Labute approximate surface area is 75.0 Å². The van der Waals surface area contributed by atoms with Crippen LogP contribution in [-0.4, -0.2) is 26.2 Å². The third kappa shape index (κ3) is 1.33. The highest BCUT2D eigenvalue weighted by atomic mass is 16.5. The number of carbonyl (C=O) groups is 1. The van der Waals surface area contributed by atoms with E-state index in [2.05, 4.69) is 19.2 Å². The Morgan fingerprint density at radius 2 is 2.33 bits per heavy atom. The van der Waals surface area contributed by atoms with E-state index < -0.39 is 0 Å². The van der Waals surface area contributed by atoms with E-state index in [-0.39, 0.29) is 12.7 Å². The summed E-state index contributed by atoms with van der Waals surface area (Å²) < 4.78 is 5.28. The molecule has 1 heterocycles. The molecule has 0 aromatic carbocycles. The fourth-order valence-electron chi connectivity index (χ4n) is 1.73. The van der Waals surface area contributed by atoms with Crippen molar-refractivity contribution in [3.8, 4) is 0 Å². The number of ether oxygens (including phenoxy) is 1. The quantitative estimate of drug-likeness (QED) is 0.677. The third-order valence-corrected chi connectivity index (χ3v) is 2.84. The smallest absolute Gasteiger partial charge is 0.228 e. The molecule has 0 radical (unpaired) electrons. The van der Waals surface area contributed by atoms with Gasteiger partial charge in [0.2, 0.25) is 5.91 Å². The standard InChI is InChI=1S/C9H17NO2.H2/c1-7(2)9(8(11)10-3)4-5-12-6-9;/h7H,4-6H2,1-3H3,(H,10,11);1H. The number of rotatable bonds is 2. The lowest BCUT2D eigenvalue weighted by molar-refractivity contribution is -0.133. The second kappa shape index (κ2) is 3.44. The summed E-state index contributed by atoms with van der Waals surface area (Å²) in [6.07, 6.45) is 0.852. The molecule has 3 heteroatoms. The fraction of sp³-hybridized carbons (Fsp3) is 0.889. The topological polar surface area (TPSA) is 38.3 Å². The summed E-state index contributed by atoms with van der Waals surface area (Å²) in [5.41, 5.74) is -0.269. The van der Waals surface area contributed by atoms with Crippen molar-refractivity contribution in [3.63, 3.8) is 0 Å². The van der Waals surface area contributed by atoms with E-state index >= 15 is 0 Å². The lowest BCUT2D eigenvalue weighted by Crippen LogP contribution is -2.43. The zero-order valence-electron chi connectivity index (χ0n) is 8.02. The lowest BCUT2D eigenvalue weighted by Gasteiger charge is -2.29. The largest absolute Gasteiger partial charge is 0.380 e. The maximum Gasteiger partial charge on any atom is 0.228 e. The molecule has 1 amide bonds. The van der Waals surface area contributed by atoms with Crippen LogP contribution < -0.4 is 5.32 Å². The molecule has 0 aromatic rings. The highest BCUT2D eigenvalue weighted by molar-refractivity contribution is 5.83. The summed E-state index contributed by atoms with van der Waals surface area (Å²) >= 11 is 0. The maximum absolute atomic E-state index is 11.6. The van der Waals surface area contributed by atoms with Gasteiger partial charge in [-0.15, -0.1) is 0 Å². The van der Waals surface area contributed by atoms with Crippen molar-refractivity contribution in [2.75, 3.05) is 20.3 Å². The van der Waals surface area contributed by atoms with Gasteiger partial charge >= 0.3 is 0 Å². The summed E-state index contributed by atoms with van der Waals surface area (Å²) in [4.78, 5) is 11.6. The SMILES string of the molecule is CNC(=O)C1(C(C)C)CCOC1.[HH]. The van der Waals surface area contributed by atoms with E-state index in [1.807, 2.05) is 0 Å². The normalized spacial score (nSPS) is 29.3. The lowest BCUT2D eigenvalue weighted by atomic mass is 9.76. The van der Waals surface area contributed by atoms with Crippen LogP contribution in [0.5, 0.6) is 0 Å². The van der Waals surface area contributed by atoms with Gasteiger partial charge in [0.05, 0.1) is 12.0 Å².